The van der Waals surface area contributed by atoms with Crippen molar-refractivity contribution in [3.8, 4) is 0 Å². The zero-order valence-electron chi connectivity index (χ0n) is 17.5. The maximum absolute atomic E-state index is 12.6. The van der Waals surface area contributed by atoms with Crippen molar-refractivity contribution in [3.63, 3.8) is 0 Å². The number of benzene rings is 1. The van der Waals surface area contributed by atoms with Gasteiger partial charge in [-0.15, -0.1) is 0 Å². The molecule has 3 rings (SSSR count). The van der Waals surface area contributed by atoms with E-state index in [0.29, 0.717) is 35.4 Å². The van der Waals surface area contributed by atoms with Crippen LogP contribution in [0.25, 0.3) is 0 Å². The quantitative estimate of drug-likeness (QED) is 0.504. The second-order valence-corrected chi connectivity index (χ2v) is 8.85. The summed E-state index contributed by atoms with van der Waals surface area (Å²) in [4.78, 5) is 29.2. The van der Waals surface area contributed by atoms with Crippen molar-refractivity contribution in [2.75, 3.05) is 12.3 Å². The van der Waals surface area contributed by atoms with E-state index >= 15 is 0 Å². The van der Waals surface area contributed by atoms with Crippen molar-refractivity contribution in [1.82, 2.24) is 20.9 Å². The van der Waals surface area contributed by atoms with E-state index in [1.165, 1.54) is 0 Å². The Morgan fingerprint density at radius 2 is 1.97 bits per heavy atom. The number of hydrogen-bond donors (Lipinski definition) is 4. The topological polar surface area (TPSA) is 109 Å². The van der Waals surface area contributed by atoms with Gasteiger partial charge in [0.15, 0.2) is 0 Å². The molecule has 1 saturated heterocycles. The molecule has 0 saturated carbocycles. The fraction of sp³-hybridized carbons (Fsp3) is 0.409. The number of aryl methyl sites for hydroxylation is 1. The molecule has 9 heteroatoms. The molecule has 166 valence electrons. The molecule has 5 N–H and O–H groups in total. The zero-order chi connectivity index (χ0) is 22.5. The van der Waals surface area contributed by atoms with Crippen LogP contribution < -0.4 is 21.7 Å². The molecule has 1 aliphatic rings. The molecule has 1 aromatic heterocycles. The van der Waals surface area contributed by atoms with Crippen molar-refractivity contribution in [2.45, 2.75) is 45.3 Å². The van der Waals surface area contributed by atoms with E-state index in [0.717, 1.165) is 23.2 Å². The molecule has 0 bridgehead atoms. The molecule has 1 aromatic carbocycles. The molecule has 0 aliphatic carbocycles. The number of nitrogen functional groups attached to an aromatic ring is 1. The lowest BCUT2D eigenvalue weighted by atomic mass is 9.96. The lowest BCUT2D eigenvalue weighted by molar-refractivity contribution is -0.129. The van der Waals surface area contributed by atoms with Gasteiger partial charge in [-0.3, -0.25) is 9.59 Å². The molecule has 2 aromatic rings. The van der Waals surface area contributed by atoms with Crippen LogP contribution in [-0.2, 0) is 22.6 Å². The van der Waals surface area contributed by atoms with Gasteiger partial charge < -0.3 is 21.7 Å². The number of pyridine rings is 1. The number of hydrogen-bond acceptors (Lipinski definition) is 5. The highest BCUT2D eigenvalue weighted by Crippen LogP contribution is 2.24. The third kappa shape index (κ3) is 6.56. The second kappa shape index (κ2) is 10.3. The van der Waals surface area contributed by atoms with Crippen LogP contribution in [0.2, 0.25) is 10.0 Å². The van der Waals surface area contributed by atoms with E-state index in [9.17, 15) is 9.59 Å². The van der Waals surface area contributed by atoms with Crippen molar-refractivity contribution in [2.24, 2.45) is 5.92 Å². The van der Waals surface area contributed by atoms with E-state index in [-0.39, 0.29) is 23.8 Å². The molecular weight excluding hydrogens is 437 g/mol. The van der Waals surface area contributed by atoms with Crippen molar-refractivity contribution in [1.29, 1.82) is 0 Å². The Morgan fingerprint density at radius 3 is 2.65 bits per heavy atom. The number of nitrogens with one attached hydrogen (secondary N) is 3. The minimum Gasteiger partial charge on any atom is -0.384 e. The molecule has 1 unspecified atom stereocenters. The van der Waals surface area contributed by atoms with Gasteiger partial charge in [0.2, 0.25) is 11.8 Å². The standard InChI is InChI=1S/C22H27Cl2N5O2/c1-12-16(3-4-20(25)28-12)11-27-21(30)13(2)29-22(31)19-8-15(10-26-19)5-14-6-17(23)9-18(24)7-14/h3-4,6-7,9,13,15,19,26H,5,8,10-11H2,1-2H3,(H2,25,28)(H,27,30)(H,29,31)/t13-,15-,19?/m0/s1. The molecular formula is C22H27Cl2N5O2. The summed E-state index contributed by atoms with van der Waals surface area (Å²) in [5, 5.41) is 10.1. The zero-order valence-corrected chi connectivity index (χ0v) is 19.1. The number of rotatable bonds is 7. The van der Waals surface area contributed by atoms with E-state index < -0.39 is 6.04 Å². The summed E-state index contributed by atoms with van der Waals surface area (Å²) in [7, 11) is 0. The minimum absolute atomic E-state index is 0.181. The molecule has 2 amide bonds. The average molecular weight is 464 g/mol. The van der Waals surface area contributed by atoms with Crippen molar-refractivity contribution >= 4 is 40.8 Å². The van der Waals surface area contributed by atoms with Gasteiger partial charge in [0.05, 0.1) is 6.04 Å². The first-order valence-corrected chi connectivity index (χ1v) is 11.0. The Kier molecular flexibility index (Phi) is 7.75. The summed E-state index contributed by atoms with van der Waals surface area (Å²) in [6, 6.07) is 8.03. The van der Waals surface area contributed by atoms with Crippen LogP contribution in [0, 0.1) is 12.8 Å². The number of amides is 2. The number of anilines is 1. The summed E-state index contributed by atoms with van der Waals surface area (Å²) < 4.78 is 0. The molecule has 1 fully saturated rings. The molecule has 2 heterocycles. The predicted molar refractivity (Wildman–Crippen MR) is 123 cm³/mol. The van der Waals surface area contributed by atoms with E-state index in [4.69, 9.17) is 28.9 Å². The van der Waals surface area contributed by atoms with Crippen LogP contribution in [0.4, 0.5) is 5.82 Å². The fourth-order valence-corrected chi connectivity index (χ4v) is 4.31. The molecule has 7 nitrogen and oxygen atoms in total. The lowest BCUT2D eigenvalue weighted by Crippen LogP contribution is -2.50. The summed E-state index contributed by atoms with van der Waals surface area (Å²) in [5.74, 6) is 0.289. The highest BCUT2D eigenvalue weighted by molar-refractivity contribution is 6.34. The fourth-order valence-electron chi connectivity index (χ4n) is 3.74. The Labute approximate surface area is 192 Å². The van der Waals surface area contributed by atoms with Crippen molar-refractivity contribution in [3.05, 3.63) is 57.2 Å². The van der Waals surface area contributed by atoms with Crippen LogP contribution in [0.5, 0.6) is 0 Å². The van der Waals surface area contributed by atoms with Gasteiger partial charge in [-0.25, -0.2) is 4.98 Å². The molecule has 1 aliphatic heterocycles. The van der Waals surface area contributed by atoms with Gasteiger partial charge in [-0.05, 0) is 74.5 Å². The Morgan fingerprint density at radius 1 is 1.26 bits per heavy atom. The van der Waals surface area contributed by atoms with Gasteiger partial charge in [0, 0.05) is 22.3 Å². The summed E-state index contributed by atoms with van der Waals surface area (Å²) in [5.41, 5.74) is 8.34. The van der Waals surface area contributed by atoms with E-state index in [1.807, 2.05) is 25.1 Å². The number of carbonyl (C=O) groups excluding carboxylic acids is 2. The first kappa shape index (κ1) is 23.3. The molecule has 0 radical (unpaired) electrons. The number of aromatic nitrogens is 1. The normalized spacial score (nSPS) is 19.1. The SMILES string of the molecule is Cc1nc(N)ccc1CNC(=O)[C@H](C)NC(=O)C1C[C@H](Cc2cc(Cl)cc(Cl)c2)CN1. The highest BCUT2D eigenvalue weighted by Gasteiger charge is 2.31. The van der Waals surface area contributed by atoms with Crippen molar-refractivity contribution < 1.29 is 9.59 Å². The summed E-state index contributed by atoms with van der Waals surface area (Å²) in [6.07, 6.45) is 1.46. The van der Waals surface area contributed by atoms with E-state index in [2.05, 4.69) is 20.9 Å². The third-order valence-electron chi connectivity index (χ3n) is 5.41. The number of nitrogens with zero attached hydrogens (tertiary/aromatic N) is 1. The third-order valence-corrected chi connectivity index (χ3v) is 5.84. The van der Waals surface area contributed by atoms with Crippen LogP contribution in [0.1, 0.15) is 30.2 Å². The smallest absolute Gasteiger partial charge is 0.242 e. The van der Waals surface area contributed by atoms with Gasteiger partial charge in [-0.1, -0.05) is 29.3 Å². The van der Waals surface area contributed by atoms with Crippen LogP contribution >= 0.6 is 23.2 Å². The number of nitrogens with two attached hydrogens (primary N) is 1. The summed E-state index contributed by atoms with van der Waals surface area (Å²) >= 11 is 12.1. The highest BCUT2D eigenvalue weighted by atomic mass is 35.5. The van der Waals surface area contributed by atoms with Crippen LogP contribution in [0.3, 0.4) is 0 Å². The maximum Gasteiger partial charge on any atom is 0.242 e. The number of halogens is 2. The van der Waals surface area contributed by atoms with Crippen LogP contribution in [-0.4, -0.2) is 35.4 Å². The second-order valence-electron chi connectivity index (χ2n) is 7.97. The van der Waals surface area contributed by atoms with E-state index in [1.54, 1.807) is 19.1 Å². The van der Waals surface area contributed by atoms with Gasteiger partial charge in [-0.2, -0.15) is 0 Å². The Balaban J connectivity index is 1.46. The van der Waals surface area contributed by atoms with Gasteiger partial charge >= 0.3 is 0 Å². The molecule has 0 spiro atoms. The molecule has 3 atom stereocenters. The first-order chi connectivity index (χ1) is 14.7. The number of carbonyl (C=O) groups is 2. The minimum atomic E-state index is -0.651. The molecule has 31 heavy (non-hydrogen) atoms. The Bertz CT molecular complexity index is 949. The monoisotopic (exact) mass is 463 g/mol. The first-order valence-electron chi connectivity index (χ1n) is 10.2. The van der Waals surface area contributed by atoms with Gasteiger partial charge in [0.25, 0.3) is 0 Å². The van der Waals surface area contributed by atoms with Crippen LogP contribution in [0.15, 0.2) is 30.3 Å². The maximum atomic E-state index is 12.6. The lowest BCUT2D eigenvalue weighted by Gasteiger charge is -2.17. The summed E-state index contributed by atoms with van der Waals surface area (Å²) in [6.45, 7) is 4.54. The largest absolute Gasteiger partial charge is 0.384 e. The Hall–Kier alpha value is -2.35. The average Bonchev–Trinajstić information content (AvgIpc) is 3.14. The predicted octanol–water partition coefficient (Wildman–Crippen LogP) is 2.62. The van der Waals surface area contributed by atoms with Gasteiger partial charge in [0.1, 0.15) is 11.9 Å².